The van der Waals surface area contributed by atoms with Crippen molar-refractivity contribution in [2.45, 2.75) is 6.42 Å². The molecule has 0 aliphatic carbocycles. The quantitative estimate of drug-likeness (QED) is 0.434. The largest absolute Gasteiger partial charge is 0.753 e. The number of benzene rings is 2. The monoisotopic (exact) mass is 362 g/mol. The summed E-state index contributed by atoms with van der Waals surface area (Å²) in [5, 5.41) is 8.47. The molecule has 0 saturated heterocycles. The fraction of sp³-hybridized carbons (Fsp3) is 0.125. The Bertz CT molecular complexity index is 662. The van der Waals surface area contributed by atoms with E-state index in [1.165, 1.54) is 22.0 Å². The number of nitrogens with zero attached hydrogens (tertiary/aromatic N) is 2. The third-order valence-corrected chi connectivity index (χ3v) is 3.66. The topological polar surface area (TPSA) is 56.8 Å². The molecule has 2 N–H and O–H groups in total. The molecule has 3 nitrogen and oxygen atoms in total. The van der Waals surface area contributed by atoms with Gasteiger partial charge in [0.15, 0.2) is 12.8 Å². The van der Waals surface area contributed by atoms with Crippen LogP contribution in [0.25, 0.3) is 5.41 Å². The molecule has 0 bridgehead atoms. The highest BCUT2D eigenvalue weighted by Crippen LogP contribution is 2.20. The van der Waals surface area contributed by atoms with E-state index in [0.717, 1.165) is 17.4 Å². The molecule has 0 radical (unpaired) electrons. The first-order valence-electron chi connectivity index (χ1n) is 6.21. The van der Waals surface area contributed by atoms with Gasteiger partial charge in [-0.2, -0.15) is 9.74 Å². The molecule has 0 amide bonds. The highest BCUT2D eigenvalue weighted by Gasteiger charge is 2.16. The number of rotatable bonds is 1. The highest BCUT2D eigenvalue weighted by atomic mass is 79.9. The Hall–Kier alpha value is -1.65. The van der Waals surface area contributed by atoms with Crippen molar-refractivity contribution in [2.24, 2.45) is 0 Å². The molecule has 5 heteroatoms. The van der Waals surface area contributed by atoms with Crippen LogP contribution >= 0.6 is 28.1 Å². The van der Waals surface area contributed by atoms with Gasteiger partial charge in [-0.1, -0.05) is 46.3 Å². The third-order valence-electron chi connectivity index (χ3n) is 3.13. The first-order valence-corrected chi connectivity index (χ1v) is 7.41. The van der Waals surface area contributed by atoms with Crippen molar-refractivity contribution in [1.29, 1.82) is 0 Å². The van der Waals surface area contributed by atoms with E-state index in [2.05, 4.69) is 87.5 Å². The number of halogens is 1. The van der Waals surface area contributed by atoms with Gasteiger partial charge in [-0.15, -0.1) is 0 Å². The number of fused-ring (bicyclic) bond motifs is 1. The zero-order valence-corrected chi connectivity index (χ0v) is 13.7. The minimum atomic E-state index is 0. The molecule has 0 spiro atoms. The van der Waals surface area contributed by atoms with Crippen LogP contribution in [0.4, 0.5) is 5.69 Å². The van der Waals surface area contributed by atoms with E-state index in [9.17, 15) is 0 Å². The average molecular weight is 363 g/mol. The van der Waals surface area contributed by atoms with Crippen LogP contribution in [0, 0.1) is 0 Å². The van der Waals surface area contributed by atoms with Crippen LogP contribution in [0.2, 0.25) is 0 Å². The molecule has 0 unspecified atom stereocenters. The first-order chi connectivity index (χ1) is 9.74. The van der Waals surface area contributed by atoms with Gasteiger partial charge < -0.3 is 10.9 Å². The Labute approximate surface area is 137 Å². The lowest BCUT2D eigenvalue weighted by molar-refractivity contribution is -0.436. The summed E-state index contributed by atoms with van der Waals surface area (Å²) in [5.41, 5.74) is 4.03. The Morgan fingerprint density at radius 2 is 1.71 bits per heavy atom. The minimum absolute atomic E-state index is 0. The van der Waals surface area contributed by atoms with Crippen molar-refractivity contribution < 1.29 is 10.1 Å². The van der Waals surface area contributed by atoms with Gasteiger partial charge in [-0.3, -0.25) is 0 Å². The van der Waals surface area contributed by atoms with E-state index in [4.69, 9.17) is 5.41 Å². The van der Waals surface area contributed by atoms with E-state index in [1.807, 2.05) is 0 Å². The van der Waals surface area contributed by atoms with Crippen molar-refractivity contribution >= 4 is 45.2 Å². The summed E-state index contributed by atoms with van der Waals surface area (Å²) in [6.45, 7) is 1.05. The summed E-state index contributed by atoms with van der Waals surface area (Å²) < 4.78 is 3.44. The Morgan fingerprint density at radius 1 is 1.10 bits per heavy atom. The lowest BCUT2D eigenvalue weighted by Gasteiger charge is -2.11. The molecular formula is C16H15BrN2OS. The summed E-state index contributed by atoms with van der Waals surface area (Å²) in [5.74, 6) is 0. The predicted molar refractivity (Wildman–Crippen MR) is 93.8 cm³/mol. The molecule has 21 heavy (non-hydrogen) atoms. The summed E-state index contributed by atoms with van der Waals surface area (Å²) in [6, 6.07) is 17.1. The molecule has 108 valence electrons. The van der Waals surface area contributed by atoms with Crippen molar-refractivity contribution in [3.8, 4) is 0 Å². The lowest BCUT2D eigenvalue weighted by Crippen LogP contribution is -2.18. The normalized spacial score (nSPS) is 11.8. The van der Waals surface area contributed by atoms with Gasteiger partial charge in [-0.05, 0) is 23.8 Å². The molecule has 0 saturated carbocycles. The summed E-state index contributed by atoms with van der Waals surface area (Å²) in [4.78, 5) is 0. The van der Waals surface area contributed by atoms with E-state index < -0.39 is 0 Å². The average Bonchev–Trinajstić information content (AvgIpc) is 2.48. The molecule has 3 rings (SSSR count). The van der Waals surface area contributed by atoms with Gasteiger partial charge in [0.05, 0.1) is 0 Å². The van der Waals surface area contributed by atoms with E-state index >= 15 is 0 Å². The van der Waals surface area contributed by atoms with Crippen molar-refractivity contribution in [1.82, 2.24) is 0 Å². The van der Waals surface area contributed by atoms with E-state index in [1.54, 1.807) is 0 Å². The van der Waals surface area contributed by atoms with Crippen molar-refractivity contribution in [3.63, 3.8) is 0 Å². The standard InChI is InChI=1S/C15H13BrN.CNS.H2O/c16-14-5-7-15(8-6-14)17-10-9-12-3-1-2-4-13(12)11-17;2-1-3;/h1-8,11H,9-10H2;;1H2/q+1;-1;. The summed E-state index contributed by atoms with van der Waals surface area (Å²) >= 11 is 7.17. The van der Waals surface area contributed by atoms with Crippen LogP contribution in [-0.2, 0) is 6.42 Å². The Balaban J connectivity index is 0.000000510. The van der Waals surface area contributed by atoms with Gasteiger partial charge in [0, 0.05) is 28.6 Å². The SMILES string of the molecule is Brc1ccc([N+]2=Cc3ccccc3CC2)cc1.O.[N-]=C=S. The van der Waals surface area contributed by atoms with Gasteiger partial charge >= 0.3 is 0 Å². The maximum absolute atomic E-state index is 7.13. The summed E-state index contributed by atoms with van der Waals surface area (Å²) in [6.07, 6.45) is 3.35. The van der Waals surface area contributed by atoms with Crippen LogP contribution in [0.15, 0.2) is 53.0 Å². The molecule has 0 fully saturated rings. The second kappa shape index (κ2) is 8.60. The summed E-state index contributed by atoms with van der Waals surface area (Å²) in [7, 11) is 0. The van der Waals surface area contributed by atoms with Gasteiger partial charge in [0.25, 0.3) is 0 Å². The second-order valence-corrected chi connectivity index (χ2v) is 5.44. The third kappa shape index (κ3) is 4.69. The van der Waals surface area contributed by atoms with Crippen LogP contribution in [-0.4, -0.2) is 28.0 Å². The maximum Gasteiger partial charge on any atom is 0.205 e. The van der Waals surface area contributed by atoms with Gasteiger partial charge in [0.1, 0.15) is 0 Å². The number of hydrogen-bond donors (Lipinski definition) is 0. The van der Waals surface area contributed by atoms with E-state index in [-0.39, 0.29) is 5.48 Å². The maximum atomic E-state index is 7.13. The van der Waals surface area contributed by atoms with Gasteiger partial charge in [-0.25, -0.2) is 0 Å². The number of thiocarbonyl (C=S) groups is 1. The van der Waals surface area contributed by atoms with Gasteiger partial charge in [0.2, 0.25) is 5.69 Å². The molecule has 0 atom stereocenters. The highest BCUT2D eigenvalue weighted by molar-refractivity contribution is 9.10. The fourth-order valence-electron chi connectivity index (χ4n) is 2.20. The zero-order valence-electron chi connectivity index (χ0n) is 11.3. The molecule has 1 heterocycles. The molecule has 2 aromatic carbocycles. The van der Waals surface area contributed by atoms with E-state index in [0.29, 0.717) is 0 Å². The first kappa shape index (κ1) is 17.4. The predicted octanol–water partition coefficient (Wildman–Crippen LogP) is 3.60. The zero-order chi connectivity index (χ0) is 14.4. The number of isothiocyanates is 1. The Morgan fingerprint density at radius 3 is 2.38 bits per heavy atom. The number of hydrogen-bond acceptors (Lipinski definition) is 1. The lowest BCUT2D eigenvalue weighted by atomic mass is 10.0. The molecule has 2 aromatic rings. The van der Waals surface area contributed by atoms with Crippen LogP contribution in [0.3, 0.4) is 0 Å². The molecule has 1 aliphatic heterocycles. The molecule has 1 aliphatic rings. The minimum Gasteiger partial charge on any atom is -0.753 e. The van der Waals surface area contributed by atoms with Crippen LogP contribution in [0.5, 0.6) is 0 Å². The van der Waals surface area contributed by atoms with Crippen LogP contribution < -0.4 is 0 Å². The molecular weight excluding hydrogens is 348 g/mol. The second-order valence-electron chi connectivity index (χ2n) is 4.34. The van der Waals surface area contributed by atoms with Crippen molar-refractivity contribution in [2.75, 3.05) is 6.54 Å². The van der Waals surface area contributed by atoms with Crippen LogP contribution in [0.1, 0.15) is 11.1 Å². The fourth-order valence-corrected chi connectivity index (χ4v) is 2.46. The molecule has 0 aromatic heterocycles. The Kier molecular flexibility index (Phi) is 7.12. The smallest absolute Gasteiger partial charge is 0.205 e. The van der Waals surface area contributed by atoms with Crippen molar-refractivity contribution in [3.05, 3.63) is 69.5 Å².